The van der Waals surface area contributed by atoms with Crippen molar-refractivity contribution in [1.29, 1.82) is 0 Å². The second kappa shape index (κ2) is 12.9. The van der Waals surface area contributed by atoms with Gasteiger partial charge in [0.25, 0.3) is 0 Å². The fraction of sp³-hybridized carbons (Fsp3) is 0.378. The molecule has 1 fully saturated rings. The van der Waals surface area contributed by atoms with Gasteiger partial charge in [0.2, 0.25) is 5.91 Å². The van der Waals surface area contributed by atoms with E-state index in [1.165, 1.54) is 28.9 Å². The standard InChI is InChI=1S/C37H41N3O3S/c1-4-18-39(19-5-2)33(41)23-40-31-22-32(37(42)43)44-36(31)34(25-11-7-6-8-12-25)35(40)28-15-17-30-27(21-28)14-16-29(38-30)26-13-9-10-24(3)20-26/h9-10,13-17,20-22,25H,4-8,11-12,18-19,23H2,1-3H3,(H,42,43). The minimum atomic E-state index is -0.917. The van der Waals surface area contributed by atoms with E-state index >= 15 is 0 Å². The maximum atomic E-state index is 13.8. The number of aryl methyl sites for hydroxylation is 1. The largest absolute Gasteiger partial charge is 0.477 e. The summed E-state index contributed by atoms with van der Waals surface area (Å²) in [6, 6.07) is 20.8. The molecule has 5 aromatic rings. The summed E-state index contributed by atoms with van der Waals surface area (Å²) in [6.45, 7) is 7.92. The Morgan fingerprint density at radius 3 is 2.43 bits per heavy atom. The summed E-state index contributed by atoms with van der Waals surface area (Å²) in [5.74, 6) is -0.506. The third-order valence-corrected chi connectivity index (χ3v) is 10.1. The monoisotopic (exact) mass is 607 g/mol. The fourth-order valence-corrected chi connectivity index (χ4v) is 8.00. The first-order valence-electron chi connectivity index (χ1n) is 16.0. The lowest BCUT2D eigenvalue weighted by atomic mass is 9.83. The molecule has 6 nitrogen and oxygen atoms in total. The van der Waals surface area contributed by atoms with Crippen molar-refractivity contribution in [3.05, 3.63) is 76.7 Å². The number of carboxylic acids is 1. The number of fused-ring (bicyclic) bond motifs is 2. The summed E-state index contributed by atoms with van der Waals surface area (Å²) in [7, 11) is 0. The Bertz CT molecular complexity index is 1820. The number of nitrogens with zero attached hydrogens (tertiary/aromatic N) is 3. The molecule has 0 unspecified atom stereocenters. The van der Waals surface area contributed by atoms with Crippen LogP contribution in [0.25, 0.3) is 43.6 Å². The zero-order chi connectivity index (χ0) is 30.8. The van der Waals surface area contributed by atoms with Gasteiger partial charge in [-0.05, 0) is 80.0 Å². The maximum absolute atomic E-state index is 13.8. The third kappa shape index (κ3) is 5.90. The average molecular weight is 608 g/mol. The van der Waals surface area contributed by atoms with Gasteiger partial charge in [-0.15, -0.1) is 11.3 Å². The molecule has 0 bridgehead atoms. The number of carbonyl (C=O) groups excluding carboxylic acids is 1. The summed E-state index contributed by atoms with van der Waals surface area (Å²) in [6.07, 6.45) is 7.51. The van der Waals surface area contributed by atoms with Crippen LogP contribution in [0.1, 0.15) is 85.5 Å². The lowest BCUT2D eigenvalue weighted by Crippen LogP contribution is -2.35. The molecule has 0 saturated heterocycles. The highest BCUT2D eigenvalue weighted by Gasteiger charge is 2.30. The van der Waals surface area contributed by atoms with Gasteiger partial charge in [0, 0.05) is 24.0 Å². The van der Waals surface area contributed by atoms with Crippen LogP contribution in [0.4, 0.5) is 0 Å². The van der Waals surface area contributed by atoms with Gasteiger partial charge < -0.3 is 14.6 Å². The van der Waals surface area contributed by atoms with Crippen LogP contribution in [0.2, 0.25) is 0 Å². The Morgan fingerprint density at radius 1 is 0.955 bits per heavy atom. The number of pyridine rings is 1. The van der Waals surface area contributed by atoms with Crippen molar-refractivity contribution in [1.82, 2.24) is 14.5 Å². The van der Waals surface area contributed by atoms with Gasteiger partial charge in [-0.2, -0.15) is 0 Å². The lowest BCUT2D eigenvalue weighted by Gasteiger charge is -2.25. The quantitative estimate of drug-likeness (QED) is 0.172. The number of benzene rings is 2. The highest BCUT2D eigenvalue weighted by Crippen LogP contribution is 2.47. The highest BCUT2D eigenvalue weighted by molar-refractivity contribution is 7.21. The number of carboxylic acid groups (broad SMARTS) is 1. The van der Waals surface area contributed by atoms with Crippen molar-refractivity contribution in [2.75, 3.05) is 13.1 Å². The summed E-state index contributed by atoms with van der Waals surface area (Å²) < 4.78 is 3.14. The number of rotatable bonds is 10. The highest BCUT2D eigenvalue weighted by atomic mass is 32.1. The van der Waals surface area contributed by atoms with Crippen molar-refractivity contribution in [2.24, 2.45) is 0 Å². The van der Waals surface area contributed by atoms with Crippen molar-refractivity contribution in [2.45, 2.75) is 78.2 Å². The van der Waals surface area contributed by atoms with E-state index in [-0.39, 0.29) is 12.5 Å². The molecule has 2 aromatic carbocycles. The SMILES string of the molecule is CCCN(CCC)C(=O)Cn1c(-c2ccc3nc(-c4cccc(C)c4)ccc3c2)c(C2CCCCC2)c2sc(C(=O)O)cc21. The van der Waals surface area contributed by atoms with E-state index in [4.69, 9.17) is 4.98 Å². The third-order valence-electron chi connectivity index (χ3n) is 8.91. The first kappa shape index (κ1) is 30.1. The van der Waals surface area contributed by atoms with Gasteiger partial charge in [-0.1, -0.05) is 69.0 Å². The number of carbonyl (C=O) groups is 2. The van der Waals surface area contributed by atoms with Gasteiger partial charge in [-0.25, -0.2) is 9.78 Å². The second-order valence-corrected chi connectivity index (χ2v) is 13.2. The minimum Gasteiger partial charge on any atom is -0.477 e. The van der Waals surface area contributed by atoms with Crippen LogP contribution in [0.15, 0.2) is 60.7 Å². The van der Waals surface area contributed by atoms with Gasteiger partial charge in [0.1, 0.15) is 11.4 Å². The van der Waals surface area contributed by atoms with Crippen LogP contribution in [0.5, 0.6) is 0 Å². The fourth-order valence-electron chi connectivity index (χ4n) is 6.87. The molecule has 1 aliphatic carbocycles. The zero-order valence-electron chi connectivity index (χ0n) is 25.9. The van der Waals surface area contributed by atoms with Crippen molar-refractivity contribution >= 4 is 44.3 Å². The Kier molecular flexibility index (Phi) is 8.85. The van der Waals surface area contributed by atoms with Crippen LogP contribution >= 0.6 is 11.3 Å². The van der Waals surface area contributed by atoms with E-state index in [0.717, 1.165) is 95.2 Å². The number of aromatic nitrogens is 2. The molecular formula is C37H41N3O3S. The molecule has 1 aliphatic rings. The molecule has 0 aliphatic heterocycles. The van der Waals surface area contributed by atoms with Gasteiger partial charge >= 0.3 is 5.97 Å². The van der Waals surface area contributed by atoms with Gasteiger partial charge in [-0.3, -0.25) is 4.79 Å². The van der Waals surface area contributed by atoms with Crippen LogP contribution in [0.3, 0.4) is 0 Å². The second-order valence-electron chi connectivity index (χ2n) is 12.2. The average Bonchev–Trinajstić information content (AvgIpc) is 3.59. The van der Waals surface area contributed by atoms with Crippen LogP contribution < -0.4 is 0 Å². The molecule has 0 radical (unpaired) electrons. The molecule has 1 amide bonds. The molecule has 3 heterocycles. The summed E-state index contributed by atoms with van der Waals surface area (Å²) in [5, 5.41) is 11.0. The molecule has 1 N–H and O–H groups in total. The summed E-state index contributed by atoms with van der Waals surface area (Å²) in [4.78, 5) is 33.3. The topological polar surface area (TPSA) is 75.4 Å². The van der Waals surface area contributed by atoms with E-state index in [2.05, 4.69) is 79.9 Å². The van der Waals surface area contributed by atoms with Crippen LogP contribution in [0, 0.1) is 6.92 Å². The smallest absolute Gasteiger partial charge is 0.345 e. The van der Waals surface area contributed by atoms with Crippen molar-refractivity contribution in [3.8, 4) is 22.5 Å². The molecule has 228 valence electrons. The van der Waals surface area contributed by atoms with E-state index in [9.17, 15) is 14.7 Å². The lowest BCUT2D eigenvalue weighted by molar-refractivity contribution is -0.131. The number of amides is 1. The number of aromatic carboxylic acids is 1. The van der Waals surface area contributed by atoms with Crippen molar-refractivity contribution in [3.63, 3.8) is 0 Å². The van der Waals surface area contributed by atoms with Crippen LogP contribution in [-0.4, -0.2) is 44.5 Å². The number of thiophene rings is 1. The number of hydrogen-bond acceptors (Lipinski definition) is 4. The normalized spacial score (nSPS) is 14.0. The molecule has 1 saturated carbocycles. The number of hydrogen-bond donors (Lipinski definition) is 1. The molecule has 6 rings (SSSR count). The van der Waals surface area contributed by atoms with Crippen LogP contribution in [-0.2, 0) is 11.3 Å². The molecule has 7 heteroatoms. The Labute approximate surface area is 263 Å². The molecule has 0 atom stereocenters. The minimum absolute atomic E-state index is 0.0790. The molecule has 3 aromatic heterocycles. The summed E-state index contributed by atoms with van der Waals surface area (Å²) >= 11 is 1.36. The predicted octanol–water partition coefficient (Wildman–Crippen LogP) is 9.29. The van der Waals surface area contributed by atoms with Gasteiger partial charge in [0.15, 0.2) is 0 Å². The zero-order valence-corrected chi connectivity index (χ0v) is 26.8. The van der Waals surface area contributed by atoms with E-state index < -0.39 is 5.97 Å². The molecule has 44 heavy (non-hydrogen) atoms. The van der Waals surface area contributed by atoms with E-state index in [1.807, 2.05) is 4.90 Å². The first-order chi connectivity index (χ1) is 21.4. The first-order valence-corrected chi connectivity index (χ1v) is 16.8. The molecular weight excluding hydrogens is 566 g/mol. The van der Waals surface area contributed by atoms with Gasteiger partial charge in [0.05, 0.1) is 27.1 Å². The Morgan fingerprint density at radius 2 is 1.73 bits per heavy atom. The maximum Gasteiger partial charge on any atom is 0.345 e. The Hall–Kier alpha value is -3.97. The van der Waals surface area contributed by atoms with Crippen molar-refractivity contribution < 1.29 is 14.7 Å². The predicted molar refractivity (Wildman–Crippen MR) is 181 cm³/mol. The Balaban J connectivity index is 1.52. The summed E-state index contributed by atoms with van der Waals surface area (Å²) in [5.41, 5.74) is 8.35. The van der Waals surface area contributed by atoms with E-state index in [0.29, 0.717) is 10.8 Å². The molecule has 0 spiro atoms. The van der Waals surface area contributed by atoms with E-state index in [1.54, 1.807) is 6.07 Å².